The second-order valence-electron chi connectivity index (χ2n) is 2.96. The highest BCUT2D eigenvalue weighted by Gasteiger charge is 2.03. The predicted molar refractivity (Wildman–Crippen MR) is 43.8 cm³/mol. The summed E-state index contributed by atoms with van der Waals surface area (Å²) in [5.74, 6) is 0.733. The molecule has 0 aromatic heterocycles. The fourth-order valence-electron chi connectivity index (χ4n) is 0.971. The number of aldehydes is 1. The van der Waals surface area contributed by atoms with Crippen molar-refractivity contribution >= 4 is 6.29 Å². The number of carbonyl (C=O) groups excluding carboxylic acids is 1. The smallest absolute Gasteiger partial charge is 0.126 e. The SMILES string of the molecule is C/C=C\C(C=O)CC(C)C. The van der Waals surface area contributed by atoms with Crippen LogP contribution in [-0.2, 0) is 4.79 Å². The number of rotatable bonds is 4. The molecule has 0 aliphatic heterocycles. The summed E-state index contributed by atoms with van der Waals surface area (Å²) in [7, 11) is 0. The molecule has 1 atom stereocenters. The van der Waals surface area contributed by atoms with E-state index in [0.717, 1.165) is 12.7 Å². The first-order chi connectivity index (χ1) is 4.70. The summed E-state index contributed by atoms with van der Waals surface area (Å²) in [6.07, 6.45) is 5.86. The molecule has 0 fully saturated rings. The summed E-state index contributed by atoms with van der Waals surface area (Å²) in [6, 6.07) is 0. The number of carbonyl (C=O) groups is 1. The van der Waals surface area contributed by atoms with Crippen molar-refractivity contribution in [2.45, 2.75) is 27.2 Å². The fourth-order valence-corrected chi connectivity index (χ4v) is 0.971. The van der Waals surface area contributed by atoms with Gasteiger partial charge in [-0.1, -0.05) is 26.0 Å². The molecule has 1 unspecified atom stereocenters. The summed E-state index contributed by atoms with van der Waals surface area (Å²) >= 11 is 0. The predicted octanol–water partition coefficient (Wildman–Crippen LogP) is 2.42. The molecule has 10 heavy (non-hydrogen) atoms. The van der Waals surface area contributed by atoms with Crippen molar-refractivity contribution in [3.8, 4) is 0 Å². The van der Waals surface area contributed by atoms with Crippen molar-refractivity contribution in [2.75, 3.05) is 0 Å². The zero-order chi connectivity index (χ0) is 7.98. The quantitative estimate of drug-likeness (QED) is 0.433. The number of hydrogen-bond acceptors (Lipinski definition) is 1. The maximum absolute atomic E-state index is 10.4. The minimum Gasteiger partial charge on any atom is -0.303 e. The molecule has 0 spiro atoms. The molecule has 0 N–H and O–H groups in total. The second kappa shape index (κ2) is 5.21. The topological polar surface area (TPSA) is 17.1 Å². The van der Waals surface area contributed by atoms with Gasteiger partial charge in [0.25, 0.3) is 0 Å². The van der Waals surface area contributed by atoms with Gasteiger partial charge in [-0.15, -0.1) is 0 Å². The third-order valence-corrected chi connectivity index (χ3v) is 1.36. The van der Waals surface area contributed by atoms with Gasteiger partial charge in [0.15, 0.2) is 0 Å². The lowest BCUT2D eigenvalue weighted by Crippen LogP contribution is -2.02. The highest BCUT2D eigenvalue weighted by Crippen LogP contribution is 2.10. The van der Waals surface area contributed by atoms with E-state index in [0.29, 0.717) is 5.92 Å². The highest BCUT2D eigenvalue weighted by molar-refractivity contribution is 5.56. The average molecular weight is 140 g/mol. The molecule has 0 rings (SSSR count). The van der Waals surface area contributed by atoms with E-state index in [-0.39, 0.29) is 5.92 Å². The van der Waals surface area contributed by atoms with E-state index in [1.807, 2.05) is 19.1 Å². The third kappa shape index (κ3) is 4.30. The Kier molecular flexibility index (Phi) is 4.91. The molecule has 1 nitrogen and oxygen atoms in total. The highest BCUT2D eigenvalue weighted by atomic mass is 16.1. The number of allylic oxidation sites excluding steroid dienone is 2. The summed E-state index contributed by atoms with van der Waals surface area (Å²) in [5, 5.41) is 0. The zero-order valence-electron chi connectivity index (χ0n) is 7.00. The van der Waals surface area contributed by atoms with Crippen LogP contribution in [0.5, 0.6) is 0 Å². The molecule has 58 valence electrons. The van der Waals surface area contributed by atoms with Gasteiger partial charge in [-0.2, -0.15) is 0 Å². The van der Waals surface area contributed by atoms with Gasteiger partial charge in [0, 0.05) is 5.92 Å². The van der Waals surface area contributed by atoms with Crippen LogP contribution in [0.25, 0.3) is 0 Å². The van der Waals surface area contributed by atoms with Crippen LogP contribution in [0.1, 0.15) is 27.2 Å². The maximum atomic E-state index is 10.4. The minimum absolute atomic E-state index is 0.130. The first-order valence-corrected chi connectivity index (χ1v) is 3.78. The van der Waals surface area contributed by atoms with Crippen molar-refractivity contribution in [1.82, 2.24) is 0 Å². The Morgan fingerprint density at radius 3 is 2.30 bits per heavy atom. The van der Waals surface area contributed by atoms with Gasteiger partial charge >= 0.3 is 0 Å². The lowest BCUT2D eigenvalue weighted by Gasteiger charge is -2.06. The van der Waals surface area contributed by atoms with Crippen LogP contribution in [0.2, 0.25) is 0 Å². The molecule has 0 bridgehead atoms. The largest absolute Gasteiger partial charge is 0.303 e. The van der Waals surface area contributed by atoms with Crippen molar-refractivity contribution in [2.24, 2.45) is 11.8 Å². The van der Waals surface area contributed by atoms with Crippen LogP contribution in [0.3, 0.4) is 0 Å². The molecule has 0 aliphatic rings. The van der Waals surface area contributed by atoms with E-state index < -0.39 is 0 Å². The van der Waals surface area contributed by atoms with Crippen LogP contribution in [0.15, 0.2) is 12.2 Å². The van der Waals surface area contributed by atoms with Crippen LogP contribution in [-0.4, -0.2) is 6.29 Å². The fraction of sp³-hybridized carbons (Fsp3) is 0.667. The Morgan fingerprint density at radius 1 is 1.40 bits per heavy atom. The van der Waals surface area contributed by atoms with Crippen molar-refractivity contribution in [3.05, 3.63) is 12.2 Å². The average Bonchev–Trinajstić information content (AvgIpc) is 1.86. The third-order valence-electron chi connectivity index (χ3n) is 1.36. The van der Waals surface area contributed by atoms with Gasteiger partial charge in [-0.25, -0.2) is 0 Å². The first-order valence-electron chi connectivity index (χ1n) is 3.78. The second-order valence-corrected chi connectivity index (χ2v) is 2.96. The molecule has 0 aromatic rings. The first kappa shape index (κ1) is 9.41. The van der Waals surface area contributed by atoms with E-state index in [1.54, 1.807) is 0 Å². The lowest BCUT2D eigenvalue weighted by atomic mass is 9.98. The Hall–Kier alpha value is -0.590. The monoisotopic (exact) mass is 140 g/mol. The van der Waals surface area contributed by atoms with E-state index in [2.05, 4.69) is 13.8 Å². The van der Waals surface area contributed by atoms with Crippen LogP contribution < -0.4 is 0 Å². The van der Waals surface area contributed by atoms with Crippen molar-refractivity contribution in [1.29, 1.82) is 0 Å². The van der Waals surface area contributed by atoms with E-state index >= 15 is 0 Å². The van der Waals surface area contributed by atoms with Crippen LogP contribution >= 0.6 is 0 Å². The zero-order valence-corrected chi connectivity index (χ0v) is 7.00. The summed E-state index contributed by atoms with van der Waals surface area (Å²) in [5.41, 5.74) is 0. The Balaban J connectivity index is 3.71. The minimum atomic E-state index is 0.130. The van der Waals surface area contributed by atoms with Gasteiger partial charge in [0.1, 0.15) is 6.29 Å². The summed E-state index contributed by atoms with van der Waals surface area (Å²) in [4.78, 5) is 10.4. The normalized spacial score (nSPS) is 14.4. The Morgan fingerprint density at radius 2 is 2.00 bits per heavy atom. The molecule has 0 aromatic carbocycles. The molecule has 0 saturated heterocycles. The molecule has 0 heterocycles. The Labute approximate surface area is 63.1 Å². The molecule has 0 saturated carbocycles. The summed E-state index contributed by atoms with van der Waals surface area (Å²) < 4.78 is 0. The molecular formula is C9H16O. The van der Waals surface area contributed by atoms with Gasteiger partial charge < -0.3 is 4.79 Å². The van der Waals surface area contributed by atoms with Gasteiger partial charge in [0.05, 0.1) is 0 Å². The molecule has 0 radical (unpaired) electrons. The maximum Gasteiger partial charge on any atom is 0.126 e. The van der Waals surface area contributed by atoms with E-state index in [9.17, 15) is 4.79 Å². The van der Waals surface area contributed by atoms with Crippen LogP contribution in [0.4, 0.5) is 0 Å². The Bertz CT molecular complexity index is 114. The van der Waals surface area contributed by atoms with Crippen LogP contribution in [0, 0.1) is 11.8 Å². The van der Waals surface area contributed by atoms with E-state index in [1.165, 1.54) is 0 Å². The van der Waals surface area contributed by atoms with Gasteiger partial charge in [0.2, 0.25) is 0 Å². The van der Waals surface area contributed by atoms with Gasteiger partial charge in [-0.3, -0.25) is 0 Å². The molecular weight excluding hydrogens is 124 g/mol. The van der Waals surface area contributed by atoms with Crippen molar-refractivity contribution < 1.29 is 4.79 Å². The van der Waals surface area contributed by atoms with Gasteiger partial charge in [-0.05, 0) is 19.3 Å². The standard InChI is InChI=1S/C9H16O/c1-4-5-9(7-10)6-8(2)3/h4-5,7-9H,6H2,1-3H3/b5-4-. The lowest BCUT2D eigenvalue weighted by molar-refractivity contribution is -0.110. The number of hydrogen-bond donors (Lipinski definition) is 0. The molecule has 1 heteroatoms. The van der Waals surface area contributed by atoms with Crippen molar-refractivity contribution in [3.63, 3.8) is 0 Å². The van der Waals surface area contributed by atoms with E-state index in [4.69, 9.17) is 0 Å². The molecule has 0 amide bonds. The summed E-state index contributed by atoms with van der Waals surface area (Å²) in [6.45, 7) is 6.19. The molecule has 0 aliphatic carbocycles.